The van der Waals surface area contributed by atoms with Gasteiger partial charge >= 0.3 is 0 Å². The van der Waals surface area contributed by atoms with Gasteiger partial charge in [-0.05, 0) is 17.7 Å². The Bertz CT molecular complexity index is 531. The van der Waals surface area contributed by atoms with Crippen LogP contribution < -0.4 is 10.6 Å². The molecule has 20 heavy (non-hydrogen) atoms. The summed E-state index contributed by atoms with van der Waals surface area (Å²) in [5.41, 5.74) is 0.180. The number of nitrogens with one attached hydrogen (secondary N) is 2. The van der Waals surface area contributed by atoms with Crippen LogP contribution in [-0.4, -0.2) is 52.5 Å². The van der Waals surface area contributed by atoms with Crippen LogP contribution in [-0.2, 0) is 11.2 Å². The molecule has 1 aromatic carbocycles. The lowest BCUT2D eigenvalue weighted by molar-refractivity contribution is -0.115. The molecular formula is C13H16N2O5. The number of aliphatic hydroxyl groups excluding tert-OH is 3. The molecule has 1 aromatic rings. The highest BCUT2D eigenvalue weighted by molar-refractivity contribution is 6.02. The molecule has 0 atom stereocenters. The minimum atomic E-state index is -1.47. The van der Waals surface area contributed by atoms with E-state index in [0.717, 1.165) is 5.56 Å². The summed E-state index contributed by atoms with van der Waals surface area (Å²) < 4.78 is 0. The van der Waals surface area contributed by atoms with Crippen molar-refractivity contribution >= 4 is 17.5 Å². The van der Waals surface area contributed by atoms with Crippen LogP contribution in [0.1, 0.15) is 15.9 Å². The molecule has 0 radical (unpaired) electrons. The Balaban J connectivity index is 2.18. The summed E-state index contributed by atoms with van der Waals surface area (Å²) in [6.07, 6.45) is 0.283. The average molecular weight is 280 g/mol. The molecule has 1 heterocycles. The molecule has 0 fully saturated rings. The number of rotatable bonds is 5. The van der Waals surface area contributed by atoms with Crippen molar-refractivity contribution in [2.75, 3.05) is 25.1 Å². The highest BCUT2D eigenvalue weighted by Crippen LogP contribution is 2.24. The zero-order chi connectivity index (χ0) is 14.8. The van der Waals surface area contributed by atoms with Gasteiger partial charge in [0.2, 0.25) is 5.91 Å². The van der Waals surface area contributed by atoms with Crippen LogP contribution in [0.4, 0.5) is 5.69 Å². The van der Waals surface area contributed by atoms with Crippen LogP contribution >= 0.6 is 0 Å². The monoisotopic (exact) mass is 280 g/mol. The third-order valence-electron chi connectivity index (χ3n) is 3.28. The first-order chi connectivity index (χ1) is 9.53. The number of carbonyl (C=O) groups is 2. The summed E-state index contributed by atoms with van der Waals surface area (Å²) in [6, 6.07) is 4.73. The van der Waals surface area contributed by atoms with E-state index in [1.165, 1.54) is 6.07 Å². The molecule has 1 aliphatic heterocycles. The van der Waals surface area contributed by atoms with Crippen molar-refractivity contribution in [1.29, 1.82) is 0 Å². The number of amides is 2. The van der Waals surface area contributed by atoms with Crippen molar-refractivity contribution in [3.05, 3.63) is 29.3 Å². The zero-order valence-corrected chi connectivity index (χ0v) is 10.7. The lowest BCUT2D eigenvalue weighted by atomic mass is 10.0. The van der Waals surface area contributed by atoms with Gasteiger partial charge in [0.05, 0.1) is 26.2 Å². The van der Waals surface area contributed by atoms with E-state index in [0.29, 0.717) is 5.69 Å². The molecule has 0 unspecified atom stereocenters. The number of aliphatic hydroxyl groups is 3. The molecule has 2 rings (SSSR count). The SMILES string of the molecule is O=C1Cc2ccc(C(=O)NC(CO)(CO)CO)cc2N1. The highest BCUT2D eigenvalue weighted by atomic mass is 16.3. The Morgan fingerprint density at radius 3 is 2.50 bits per heavy atom. The zero-order valence-electron chi connectivity index (χ0n) is 10.7. The number of hydrogen-bond acceptors (Lipinski definition) is 5. The van der Waals surface area contributed by atoms with Crippen molar-refractivity contribution in [1.82, 2.24) is 5.32 Å². The van der Waals surface area contributed by atoms with E-state index in [1.807, 2.05) is 0 Å². The fourth-order valence-electron chi connectivity index (χ4n) is 1.94. The molecule has 0 aliphatic carbocycles. The largest absolute Gasteiger partial charge is 0.394 e. The molecule has 0 bridgehead atoms. The van der Waals surface area contributed by atoms with Gasteiger partial charge in [-0.3, -0.25) is 9.59 Å². The quantitative estimate of drug-likeness (QED) is 0.456. The van der Waals surface area contributed by atoms with Gasteiger partial charge in [0, 0.05) is 11.3 Å². The Morgan fingerprint density at radius 1 is 1.25 bits per heavy atom. The van der Waals surface area contributed by atoms with Crippen LogP contribution in [0, 0.1) is 0 Å². The topological polar surface area (TPSA) is 119 Å². The summed E-state index contributed by atoms with van der Waals surface area (Å²) in [4.78, 5) is 23.3. The lowest BCUT2D eigenvalue weighted by Gasteiger charge is -2.28. The van der Waals surface area contributed by atoms with E-state index in [9.17, 15) is 24.9 Å². The maximum absolute atomic E-state index is 12.1. The van der Waals surface area contributed by atoms with Crippen LogP contribution in [0.25, 0.3) is 0 Å². The van der Waals surface area contributed by atoms with E-state index in [4.69, 9.17) is 0 Å². The van der Waals surface area contributed by atoms with Gasteiger partial charge in [-0.15, -0.1) is 0 Å². The molecule has 0 aromatic heterocycles. The molecule has 108 valence electrons. The number of fused-ring (bicyclic) bond motifs is 1. The van der Waals surface area contributed by atoms with Gasteiger partial charge in [0.1, 0.15) is 5.54 Å². The molecule has 0 spiro atoms. The average Bonchev–Trinajstić information content (AvgIpc) is 2.83. The number of carbonyl (C=O) groups excluding carboxylic acids is 2. The smallest absolute Gasteiger partial charge is 0.252 e. The molecule has 7 nitrogen and oxygen atoms in total. The van der Waals surface area contributed by atoms with Gasteiger partial charge < -0.3 is 26.0 Å². The molecule has 2 amide bonds. The maximum atomic E-state index is 12.1. The van der Waals surface area contributed by atoms with Gasteiger partial charge in [0.25, 0.3) is 5.91 Å². The first-order valence-corrected chi connectivity index (χ1v) is 6.11. The predicted molar refractivity (Wildman–Crippen MR) is 70.2 cm³/mol. The number of hydrogen-bond donors (Lipinski definition) is 5. The second-order valence-corrected chi connectivity index (χ2v) is 4.81. The summed E-state index contributed by atoms with van der Waals surface area (Å²) in [7, 11) is 0. The minimum Gasteiger partial charge on any atom is -0.394 e. The van der Waals surface area contributed by atoms with Crippen molar-refractivity contribution in [3.63, 3.8) is 0 Å². The molecule has 1 aliphatic rings. The van der Waals surface area contributed by atoms with Gasteiger partial charge in [-0.2, -0.15) is 0 Å². The molecule has 7 heteroatoms. The van der Waals surface area contributed by atoms with Crippen LogP contribution in [0.15, 0.2) is 18.2 Å². The molecule has 0 saturated carbocycles. The van der Waals surface area contributed by atoms with Crippen molar-refractivity contribution in [2.45, 2.75) is 12.0 Å². The Hall–Kier alpha value is -1.96. The molecule has 0 saturated heterocycles. The van der Waals surface area contributed by atoms with E-state index in [1.54, 1.807) is 12.1 Å². The maximum Gasteiger partial charge on any atom is 0.252 e. The van der Waals surface area contributed by atoms with Gasteiger partial charge in [0.15, 0.2) is 0 Å². The summed E-state index contributed by atoms with van der Waals surface area (Å²) >= 11 is 0. The third kappa shape index (κ3) is 2.64. The Morgan fingerprint density at radius 2 is 1.90 bits per heavy atom. The van der Waals surface area contributed by atoms with Crippen LogP contribution in [0.3, 0.4) is 0 Å². The standard InChI is InChI=1S/C13H16N2O5/c16-5-13(6-17,7-18)15-12(20)9-2-1-8-4-11(19)14-10(8)3-9/h1-3,16-18H,4-7H2,(H,14,19)(H,15,20). The summed E-state index contributed by atoms with van der Waals surface area (Å²) in [6.45, 7) is -1.77. The van der Waals surface area contributed by atoms with Crippen molar-refractivity contribution in [3.8, 4) is 0 Å². The Labute approximate surface area is 115 Å². The summed E-state index contributed by atoms with van der Waals surface area (Å²) in [5, 5.41) is 32.5. The minimum absolute atomic E-state index is 0.132. The van der Waals surface area contributed by atoms with E-state index < -0.39 is 31.3 Å². The lowest BCUT2D eigenvalue weighted by Crippen LogP contribution is -2.57. The fourth-order valence-corrected chi connectivity index (χ4v) is 1.94. The van der Waals surface area contributed by atoms with E-state index in [2.05, 4.69) is 10.6 Å². The number of anilines is 1. The Kier molecular flexibility index (Phi) is 4.03. The van der Waals surface area contributed by atoms with E-state index >= 15 is 0 Å². The molecular weight excluding hydrogens is 264 g/mol. The number of benzene rings is 1. The van der Waals surface area contributed by atoms with Crippen LogP contribution in [0.2, 0.25) is 0 Å². The van der Waals surface area contributed by atoms with Gasteiger partial charge in [-0.25, -0.2) is 0 Å². The summed E-state index contributed by atoms with van der Waals surface area (Å²) in [5.74, 6) is -0.681. The van der Waals surface area contributed by atoms with E-state index in [-0.39, 0.29) is 17.9 Å². The molecule has 5 N–H and O–H groups in total. The van der Waals surface area contributed by atoms with Crippen molar-refractivity contribution < 1.29 is 24.9 Å². The second kappa shape index (κ2) is 5.58. The highest BCUT2D eigenvalue weighted by Gasteiger charge is 2.30. The normalized spacial score (nSPS) is 13.8. The predicted octanol–water partition coefficient (Wildman–Crippen LogP) is -1.37. The van der Waals surface area contributed by atoms with Crippen molar-refractivity contribution in [2.24, 2.45) is 0 Å². The fraction of sp³-hybridized carbons (Fsp3) is 0.385. The van der Waals surface area contributed by atoms with Crippen LogP contribution in [0.5, 0.6) is 0 Å². The second-order valence-electron chi connectivity index (χ2n) is 4.81. The third-order valence-corrected chi connectivity index (χ3v) is 3.28. The first kappa shape index (κ1) is 14.4. The first-order valence-electron chi connectivity index (χ1n) is 6.11. The van der Waals surface area contributed by atoms with Gasteiger partial charge in [-0.1, -0.05) is 6.07 Å².